The van der Waals surface area contributed by atoms with E-state index in [2.05, 4.69) is 19.7 Å². The van der Waals surface area contributed by atoms with Crippen LogP contribution in [0.4, 0.5) is 5.69 Å². The van der Waals surface area contributed by atoms with E-state index in [0.29, 0.717) is 11.2 Å². The van der Waals surface area contributed by atoms with Crippen LogP contribution in [0.15, 0.2) is 52.0 Å². The molecular formula is C13H11N3O3S. The molecule has 0 bridgehead atoms. The number of sulfonamides is 1. The van der Waals surface area contributed by atoms with Crippen LogP contribution >= 0.6 is 0 Å². The van der Waals surface area contributed by atoms with Gasteiger partial charge in [-0.05, 0) is 41.5 Å². The molecule has 1 heterocycles. The Morgan fingerprint density at radius 1 is 1.05 bits per heavy atom. The topological polar surface area (TPSA) is 85.1 Å². The molecule has 1 aromatic heterocycles. The summed E-state index contributed by atoms with van der Waals surface area (Å²) in [5.74, 6) is 0. The lowest BCUT2D eigenvalue weighted by molar-refractivity contribution is 0.315. The van der Waals surface area contributed by atoms with Crippen molar-refractivity contribution in [1.82, 2.24) is 10.3 Å². The smallest absolute Gasteiger partial charge is 0.264 e. The van der Waals surface area contributed by atoms with Crippen molar-refractivity contribution in [2.75, 3.05) is 4.72 Å². The minimum absolute atomic E-state index is 0.0387. The van der Waals surface area contributed by atoms with Crippen LogP contribution < -0.4 is 4.72 Å². The molecule has 7 heteroatoms. The Hall–Kier alpha value is -2.41. The zero-order valence-corrected chi connectivity index (χ0v) is 11.4. The normalized spacial score (nSPS) is 11.7. The van der Waals surface area contributed by atoms with E-state index in [0.717, 1.165) is 5.56 Å². The number of hydrogen-bond acceptors (Lipinski definition) is 5. The lowest BCUT2D eigenvalue weighted by Crippen LogP contribution is -2.13. The molecule has 1 N–H and O–H groups in total. The Morgan fingerprint density at radius 2 is 1.80 bits per heavy atom. The van der Waals surface area contributed by atoms with Gasteiger partial charge in [-0.1, -0.05) is 23.8 Å². The molecule has 20 heavy (non-hydrogen) atoms. The van der Waals surface area contributed by atoms with Crippen molar-refractivity contribution in [2.45, 2.75) is 11.8 Å². The summed E-state index contributed by atoms with van der Waals surface area (Å²) in [6.07, 6.45) is 0. The van der Waals surface area contributed by atoms with Gasteiger partial charge in [-0.2, -0.15) is 0 Å². The van der Waals surface area contributed by atoms with Gasteiger partial charge in [-0.25, -0.2) is 13.0 Å². The van der Waals surface area contributed by atoms with Gasteiger partial charge in [0.1, 0.15) is 10.4 Å². The van der Waals surface area contributed by atoms with E-state index in [1.54, 1.807) is 24.3 Å². The number of aromatic nitrogens is 2. The van der Waals surface area contributed by atoms with E-state index in [-0.39, 0.29) is 10.4 Å². The standard InChI is InChI=1S/C13H11N3O3S/c1-9-5-7-10(8-6-9)16-20(17,18)12-4-2-3-11-13(12)15-19-14-11/h2-8,16H,1H3. The minimum Gasteiger partial charge on any atom is -0.280 e. The number of nitrogens with one attached hydrogen (secondary N) is 1. The first kappa shape index (κ1) is 12.6. The molecule has 0 radical (unpaired) electrons. The van der Waals surface area contributed by atoms with Crippen LogP contribution in [0.3, 0.4) is 0 Å². The average molecular weight is 289 g/mol. The van der Waals surface area contributed by atoms with Crippen LogP contribution in [-0.4, -0.2) is 18.7 Å². The first-order valence-electron chi connectivity index (χ1n) is 5.87. The average Bonchev–Trinajstić information content (AvgIpc) is 2.89. The molecule has 6 nitrogen and oxygen atoms in total. The largest absolute Gasteiger partial charge is 0.280 e. The fraction of sp³-hybridized carbons (Fsp3) is 0.0769. The van der Waals surface area contributed by atoms with Gasteiger partial charge >= 0.3 is 0 Å². The summed E-state index contributed by atoms with van der Waals surface area (Å²) in [6.45, 7) is 1.93. The molecule has 0 unspecified atom stereocenters. The highest BCUT2D eigenvalue weighted by atomic mass is 32.2. The molecule has 0 amide bonds. The van der Waals surface area contributed by atoms with Gasteiger partial charge in [-0.3, -0.25) is 4.72 Å². The lowest BCUT2D eigenvalue weighted by atomic mass is 10.2. The highest BCUT2D eigenvalue weighted by Crippen LogP contribution is 2.22. The third-order valence-electron chi connectivity index (χ3n) is 2.84. The molecule has 0 saturated carbocycles. The second-order valence-corrected chi connectivity index (χ2v) is 6.01. The summed E-state index contributed by atoms with van der Waals surface area (Å²) >= 11 is 0. The quantitative estimate of drug-likeness (QED) is 0.799. The van der Waals surface area contributed by atoms with Crippen molar-refractivity contribution in [3.63, 3.8) is 0 Å². The van der Waals surface area contributed by atoms with Gasteiger partial charge in [0.05, 0.1) is 0 Å². The van der Waals surface area contributed by atoms with Gasteiger partial charge in [0.25, 0.3) is 10.0 Å². The third-order valence-corrected chi connectivity index (χ3v) is 4.26. The Morgan fingerprint density at radius 3 is 2.55 bits per heavy atom. The van der Waals surface area contributed by atoms with Crippen molar-refractivity contribution in [3.05, 3.63) is 48.0 Å². The van der Waals surface area contributed by atoms with Crippen molar-refractivity contribution >= 4 is 26.7 Å². The Kier molecular flexibility index (Phi) is 2.90. The van der Waals surface area contributed by atoms with Gasteiger partial charge < -0.3 is 0 Å². The van der Waals surface area contributed by atoms with Crippen LogP contribution in [0.1, 0.15) is 5.56 Å². The number of benzene rings is 2. The summed E-state index contributed by atoms with van der Waals surface area (Å²) in [7, 11) is -3.74. The van der Waals surface area contributed by atoms with Crippen molar-refractivity contribution in [2.24, 2.45) is 0 Å². The summed E-state index contributed by atoms with van der Waals surface area (Å²) in [5, 5.41) is 7.27. The van der Waals surface area contributed by atoms with E-state index in [1.807, 2.05) is 19.1 Å². The summed E-state index contributed by atoms with van der Waals surface area (Å²) in [5.41, 5.74) is 2.16. The summed E-state index contributed by atoms with van der Waals surface area (Å²) < 4.78 is 31.8. The maximum Gasteiger partial charge on any atom is 0.264 e. The van der Waals surface area contributed by atoms with Crippen LogP contribution in [-0.2, 0) is 10.0 Å². The number of rotatable bonds is 3. The molecule has 0 fully saturated rings. The number of hydrogen-bond donors (Lipinski definition) is 1. The van der Waals surface area contributed by atoms with E-state index >= 15 is 0 Å². The highest BCUT2D eigenvalue weighted by molar-refractivity contribution is 7.93. The Labute approximate surface area is 115 Å². The highest BCUT2D eigenvalue weighted by Gasteiger charge is 2.20. The van der Waals surface area contributed by atoms with Gasteiger partial charge in [0, 0.05) is 5.69 Å². The third kappa shape index (κ3) is 2.23. The number of anilines is 1. The molecule has 3 aromatic rings. The predicted molar refractivity (Wildman–Crippen MR) is 73.8 cm³/mol. The number of nitrogens with zero attached hydrogens (tertiary/aromatic N) is 2. The molecule has 0 aliphatic heterocycles. The van der Waals surface area contributed by atoms with E-state index in [9.17, 15) is 8.42 Å². The van der Waals surface area contributed by atoms with Gasteiger partial charge in [-0.15, -0.1) is 0 Å². The predicted octanol–water partition coefficient (Wildman–Crippen LogP) is 2.33. The molecule has 0 aliphatic rings. The minimum atomic E-state index is -3.74. The van der Waals surface area contributed by atoms with Crippen molar-refractivity contribution in [3.8, 4) is 0 Å². The molecule has 102 valence electrons. The van der Waals surface area contributed by atoms with Crippen LogP contribution in [0.25, 0.3) is 11.0 Å². The summed E-state index contributed by atoms with van der Waals surface area (Å²) in [6, 6.07) is 11.8. The fourth-order valence-electron chi connectivity index (χ4n) is 1.83. The molecule has 0 aliphatic carbocycles. The second-order valence-electron chi connectivity index (χ2n) is 4.36. The maximum absolute atomic E-state index is 12.4. The Bertz CT molecular complexity index is 854. The SMILES string of the molecule is Cc1ccc(NS(=O)(=O)c2cccc3nonc23)cc1. The Balaban J connectivity index is 2.03. The zero-order chi connectivity index (χ0) is 14.2. The zero-order valence-electron chi connectivity index (χ0n) is 10.6. The van der Waals surface area contributed by atoms with E-state index in [1.165, 1.54) is 6.07 Å². The molecule has 0 atom stereocenters. The lowest BCUT2D eigenvalue weighted by Gasteiger charge is -2.08. The van der Waals surface area contributed by atoms with E-state index in [4.69, 9.17) is 0 Å². The summed E-state index contributed by atoms with van der Waals surface area (Å²) in [4.78, 5) is 0.0387. The fourth-order valence-corrected chi connectivity index (χ4v) is 3.04. The molecule has 0 spiro atoms. The van der Waals surface area contributed by atoms with Crippen LogP contribution in [0.5, 0.6) is 0 Å². The van der Waals surface area contributed by atoms with Crippen molar-refractivity contribution in [1.29, 1.82) is 0 Å². The van der Waals surface area contributed by atoms with Crippen LogP contribution in [0.2, 0.25) is 0 Å². The maximum atomic E-state index is 12.4. The first-order valence-corrected chi connectivity index (χ1v) is 7.35. The van der Waals surface area contributed by atoms with Crippen LogP contribution in [0, 0.1) is 6.92 Å². The monoisotopic (exact) mass is 289 g/mol. The second kappa shape index (κ2) is 4.61. The molecule has 0 saturated heterocycles. The molecular weight excluding hydrogens is 278 g/mol. The van der Waals surface area contributed by atoms with Gasteiger partial charge in [0.2, 0.25) is 0 Å². The molecule has 3 rings (SSSR count). The first-order chi connectivity index (χ1) is 9.56. The van der Waals surface area contributed by atoms with Gasteiger partial charge in [0.15, 0.2) is 5.52 Å². The van der Waals surface area contributed by atoms with E-state index < -0.39 is 10.0 Å². The number of aryl methyl sites for hydroxylation is 1. The van der Waals surface area contributed by atoms with Crippen molar-refractivity contribution < 1.29 is 13.0 Å². The number of fused-ring (bicyclic) bond motifs is 1. The molecule has 2 aromatic carbocycles.